The van der Waals surface area contributed by atoms with Crippen molar-refractivity contribution >= 4 is 0 Å². The largest absolute Gasteiger partial charge is 0.431 e. The molecule has 1 rings (SSSR count). The smallest absolute Gasteiger partial charge is 0.427 e. The third kappa shape index (κ3) is 2.97. The Morgan fingerprint density at radius 2 is 1.77 bits per heavy atom. The van der Waals surface area contributed by atoms with Crippen molar-refractivity contribution in [3.63, 3.8) is 0 Å². The van der Waals surface area contributed by atoms with Crippen LogP contribution in [0.15, 0.2) is 24.3 Å². The molecular weight excluding hydrogens is 181 g/mol. The average molecular weight is 190 g/mol. The lowest BCUT2D eigenvalue weighted by molar-refractivity contribution is -0.186. The fraction of sp³-hybridized carbons (Fsp3) is 0.333. The maximum atomic E-state index is 12.3. The number of halogens is 3. The molecule has 0 N–H and O–H groups in total. The summed E-state index contributed by atoms with van der Waals surface area (Å²) in [5.41, 5.74) is 0.927. The molecule has 1 nitrogen and oxygen atoms in total. The van der Waals surface area contributed by atoms with Gasteiger partial charge in [-0.25, -0.2) is 4.39 Å². The van der Waals surface area contributed by atoms with Gasteiger partial charge in [0.15, 0.2) is 6.67 Å². The van der Waals surface area contributed by atoms with E-state index >= 15 is 0 Å². The van der Waals surface area contributed by atoms with E-state index in [9.17, 15) is 13.2 Å². The van der Waals surface area contributed by atoms with Gasteiger partial charge in [0, 0.05) is 0 Å². The first-order chi connectivity index (χ1) is 6.03. The molecule has 13 heavy (non-hydrogen) atoms. The van der Waals surface area contributed by atoms with Crippen molar-refractivity contribution in [1.82, 2.24) is 0 Å². The van der Waals surface area contributed by atoms with Gasteiger partial charge in [0.05, 0.1) is 0 Å². The van der Waals surface area contributed by atoms with Gasteiger partial charge in [0.25, 0.3) is 0 Å². The molecule has 0 unspecified atom stereocenters. The van der Waals surface area contributed by atoms with Gasteiger partial charge in [-0.15, -0.1) is 0 Å². The van der Waals surface area contributed by atoms with Gasteiger partial charge >= 0.3 is 6.11 Å². The predicted molar refractivity (Wildman–Crippen MR) is 42.7 cm³/mol. The van der Waals surface area contributed by atoms with Crippen molar-refractivity contribution in [3.8, 4) is 5.75 Å². The van der Waals surface area contributed by atoms with Crippen LogP contribution < -0.4 is 4.74 Å². The van der Waals surface area contributed by atoms with Crippen LogP contribution in [0.3, 0.4) is 0 Å². The Hall–Kier alpha value is -1.19. The van der Waals surface area contributed by atoms with E-state index in [1.54, 1.807) is 12.1 Å². The Bertz CT molecular complexity index is 269. The SMILES string of the molecule is Cc1ccc(OC(F)(F)CF)cc1. The number of hydrogen-bond acceptors (Lipinski definition) is 1. The van der Waals surface area contributed by atoms with Gasteiger partial charge in [-0.1, -0.05) is 17.7 Å². The van der Waals surface area contributed by atoms with E-state index in [0.717, 1.165) is 5.56 Å². The average Bonchev–Trinajstić information content (AvgIpc) is 2.09. The Kier molecular flexibility index (Phi) is 2.80. The molecule has 0 aliphatic rings. The van der Waals surface area contributed by atoms with Gasteiger partial charge in [-0.05, 0) is 19.1 Å². The molecule has 0 aliphatic heterocycles. The number of alkyl halides is 3. The van der Waals surface area contributed by atoms with Crippen LogP contribution >= 0.6 is 0 Å². The molecule has 0 saturated carbocycles. The maximum absolute atomic E-state index is 12.3. The van der Waals surface area contributed by atoms with Crippen molar-refractivity contribution in [2.75, 3.05) is 6.67 Å². The summed E-state index contributed by atoms with van der Waals surface area (Å²) in [5.74, 6) is -0.0340. The van der Waals surface area contributed by atoms with E-state index in [0.29, 0.717) is 0 Å². The molecule has 4 heteroatoms. The number of ether oxygens (including phenoxy) is 1. The van der Waals surface area contributed by atoms with Crippen molar-refractivity contribution in [3.05, 3.63) is 29.8 Å². The molecular formula is C9H9F3O. The first-order valence-electron chi connectivity index (χ1n) is 3.73. The van der Waals surface area contributed by atoms with Crippen LogP contribution in [-0.2, 0) is 0 Å². The summed E-state index contributed by atoms with van der Waals surface area (Å²) in [6.07, 6.45) is -3.73. The van der Waals surface area contributed by atoms with Crippen LogP contribution in [0.4, 0.5) is 13.2 Å². The van der Waals surface area contributed by atoms with Crippen LogP contribution in [0.5, 0.6) is 5.75 Å². The Morgan fingerprint density at radius 1 is 1.23 bits per heavy atom. The molecule has 0 bridgehead atoms. The molecule has 72 valence electrons. The van der Waals surface area contributed by atoms with E-state index in [4.69, 9.17) is 0 Å². The second kappa shape index (κ2) is 3.68. The molecule has 0 amide bonds. The molecule has 1 aromatic rings. The van der Waals surface area contributed by atoms with Gasteiger partial charge in [0.2, 0.25) is 0 Å². The van der Waals surface area contributed by atoms with Gasteiger partial charge in [-0.3, -0.25) is 0 Å². The van der Waals surface area contributed by atoms with E-state index in [1.807, 2.05) is 6.92 Å². The fourth-order valence-corrected chi connectivity index (χ4v) is 0.806. The van der Waals surface area contributed by atoms with Crippen molar-refractivity contribution < 1.29 is 17.9 Å². The zero-order chi connectivity index (χ0) is 9.90. The molecule has 0 aromatic heterocycles. The van der Waals surface area contributed by atoms with Gasteiger partial charge in [-0.2, -0.15) is 8.78 Å². The monoisotopic (exact) mass is 190 g/mol. The Labute approximate surface area is 74.1 Å². The van der Waals surface area contributed by atoms with Gasteiger partial charge in [0.1, 0.15) is 5.75 Å². The first-order valence-corrected chi connectivity index (χ1v) is 3.73. The zero-order valence-corrected chi connectivity index (χ0v) is 7.06. The minimum Gasteiger partial charge on any atom is -0.431 e. The first kappa shape index (κ1) is 9.89. The standard InChI is InChI=1S/C9H9F3O/c1-7-2-4-8(5-3-7)13-9(11,12)6-10/h2-5H,6H2,1H3. The number of benzene rings is 1. The second-order valence-electron chi connectivity index (χ2n) is 2.69. The lowest BCUT2D eigenvalue weighted by Gasteiger charge is -2.14. The van der Waals surface area contributed by atoms with E-state index in [2.05, 4.69) is 4.74 Å². The van der Waals surface area contributed by atoms with Crippen LogP contribution in [-0.4, -0.2) is 12.8 Å². The van der Waals surface area contributed by atoms with Crippen molar-refractivity contribution in [1.29, 1.82) is 0 Å². The summed E-state index contributed by atoms with van der Waals surface area (Å²) >= 11 is 0. The highest BCUT2D eigenvalue weighted by Gasteiger charge is 2.31. The van der Waals surface area contributed by atoms with E-state index < -0.39 is 12.8 Å². The number of rotatable bonds is 3. The van der Waals surface area contributed by atoms with Crippen molar-refractivity contribution in [2.24, 2.45) is 0 Å². The third-order valence-electron chi connectivity index (χ3n) is 1.44. The minimum atomic E-state index is -3.73. The second-order valence-corrected chi connectivity index (χ2v) is 2.69. The Morgan fingerprint density at radius 3 is 2.23 bits per heavy atom. The molecule has 0 atom stereocenters. The lowest BCUT2D eigenvalue weighted by atomic mass is 10.2. The van der Waals surface area contributed by atoms with Gasteiger partial charge < -0.3 is 4.74 Å². The molecule has 0 radical (unpaired) electrons. The highest BCUT2D eigenvalue weighted by Crippen LogP contribution is 2.21. The number of aryl methyl sites for hydroxylation is 1. The van der Waals surface area contributed by atoms with Crippen LogP contribution in [0.2, 0.25) is 0 Å². The molecule has 1 aromatic carbocycles. The van der Waals surface area contributed by atoms with Crippen molar-refractivity contribution in [2.45, 2.75) is 13.0 Å². The normalized spacial score (nSPS) is 11.4. The summed E-state index contributed by atoms with van der Waals surface area (Å²) in [7, 11) is 0. The fourth-order valence-electron chi connectivity index (χ4n) is 0.806. The highest BCUT2D eigenvalue weighted by molar-refractivity contribution is 5.26. The van der Waals surface area contributed by atoms with Crippen LogP contribution in [0, 0.1) is 6.92 Å². The summed E-state index contributed by atoms with van der Waals surface area (Å²) in [6.45, 7) is -0.00203. The quantitative estimate of drug-likeness (QED) is 0.712. The third-order valence-corrected chi connectivity index (χ3v) is 1.44. The minimum absolute atomic E-state index is 0.0340. The summed E-state index contributed by atoms with van der Waals surface area (Å²) in [4.78, 5) is 0. The van der Waals surface area contributed by atoms with E-state index in [-0.39, 0.29) is 5.75 Å². The molecule has 0 saturated heterocycles. The molecule has 0 spiro atoms. The van der Waals surface area contributed by atoms with Crippen LogP contribution in [0.25, 0.3) is 0 Å². The topological polar surface area (TPSA) is 9.23 Å². The Balaban J connectivity index is 2.69. The molecule has 0 heterocycles. The predicted octanol–water partition coefficient (Wildman–Crippen LogP) is 2.94. The lowest BCUT2D eigenvalue weighted by Crippen LogP contribution is -2.26. The molecule has 0 fully saturated rings. The summed E-state index contributed by atoms with van der Waals surface area (Å²) in [5, 5.41) is 0. The molecule has 0 aliphatic carbocycles. The number of hydrogen-bond donors (Lipinski definition) is 0. The van der Waals surface area contributed by atoms with Crippen LogP contribution in [0.1, 0.15) is 5.56 Å². The van der Waals surface area contributed by atoms with E-state index in [1.165, 1.54) is 12.1 Å². The zero-order valence-electron chi connectivity index (χ0n) is 7.06. The summed E-state index contributed by atoms with van der Waals surface area (Å²) in [6, 6.07) is 5.98. The maximum Gasteiger partial charge on any atom is 0.427 e. The highest BCUT2D eigenvalue weighted by atomic mass is 19.3. The summed E-state index contributed by atoms with van der Waals surface area (Å²) < 4.78 is 40.4.